The summed E-state index contributed by atoms with van der Waals surface area (Å²) in [7, 11) is 4.82. The third-order valence-electron chi connectivity index (χ3n) is 4.70. The Hall–Kier alpha value is -3.73. The first-order valence-electron chi connectivity index (χ1n) is 9.25. The molecule has 0 fully saturated rings. The Bertz CT molecular complexity index is 1120. The van der Waals surface area contributed by atoms with E-state index in [9.17, 15) is 0 Å². The van der Waals surface area contributed by atoms with Gasteiger partial charge in [-0.1, -0.05) is 42.5 Å². The molecule has 3 aromatic carbocycles. The molecule has 5 nitrogen and oxygen atoms in total. The molecule has 0 radical (unpaired) electrons. The van der Waals surface area contributed by atoms with Gasteiger partial charge in [0, 0.05) is 5.56 Å². The first-order chi connectivity index (χ1) is 14.2. The quantitative estimate of drug-likeness (QED) is 0.449. The van der Waals surface area contributed by atoms with E-state index in [0.29, 0.717) is 17.2 Å². The number of nitrogens with one attached hydrogen (secondary N) is 1. The maximum absolute atomic E-state index is 5.43. The Morgan fingerprint density at radius 3 is 2.17 bits per heavy atom. The van der Waals surface area contributed by atoms with Crippen molar-refractivity contribution in [3.05, 3.63) is 71.8 Å². The topological polar surface area (TPSA) is 56.4 Å². The fourth-order valence-corrected chi connectivity index (χ4v) is 3.27. The van der Waals surface area contributed by atoms with Crippen molar-refractivity contribution in [2.24, 2.45) is 0 Å². The zero-order valence-corrected chi connectivity index (χ0v) is 16.6. The Morgan fingerprint density at radius 1 is 0.759 bits per heavy atom. The molecule has 0 aliphatic carbocycles. The van der Waals surface area contributed by atoms with Crippen LogP contribution in [0.15, 0.2) is 60.7 Å². The van der Waals surface area contributed by atoms with Crippen LogP contribution in [-0.2, 0) is 0 Å². The van der Waals surface area contributed by atoms with Crippen LogP contribution in [0, 0.1) is 0 Å². The van der Waals surface area contributed by atoms with Crippen LogP contribution >= 0.6 is 0 Å². The van der Waals surface area contributed by atoms with Gasteiger partial charge in [0.1, 0.15) is 5.82 Å². The van der Waals surface area contributed by atoms with Gasteiger partial charge in [-0.25, -0.2) is 4.98 Å². The first kappa shape index (κ1) is 18.6. The molecule has 4 aromatic rings. The molecule has 0 amide bonds. The average molecular weight is 386 g/mol. The Labute approximate surface area is 169 Å². The number of benzene rings is 3. The largest absolute Gasteiger partial charge is 0.493 e. The molecule has 0 saturated carbocycles. The highest BCUT2D eigenvalue weighted by molar-refractivity contribution is 5.80. The number of nitrogens with zero attached hydrogens (tertiary/aromatic N) is 1. The standard InChI is InChI=1S/C24H22N2O3/c1-27-21-14-17(15-22(28-2)23(21)29-3)12-11-16-7-6-8-18(13-16)24-25-19-9-4-5-10-20(19)26-24/h4-15H,1-3H3,(H,25,26)/b12-11+. The maximum atomic E-state index is 5.43. The van der Waals surface area contributed by atoms with Gasteiger partial charge in [-0.2, -0.15) is 0 Å². The summed E-state index contributed by atoms with van der Waals surface area (Å²) in [4.78, 5) is 8.05. The molecule has 0 spiro atoms. The second kappa shape index (κ2) is 8.10. The molecular formula is C24H22N2O3. The van der Waals surface area contributed by atoms with Crippen molar-refractivity contribution in [2.75, 3.05) is 21.3 Å². The second-order valence-electron chi connectivity index (χ2n) is 6.52. The normalized spacial score (nSPS) is 11.1. The van der Waals surface area contributed by atoms with Gasteiger partial charge in [0.15, 0.2) is 11.5 Å². The van der Waals surface area contributed by atoms with E-state index in [1.54, 1.807) is 21.3 Å². The number of fused-ring (bicyclic) bond motifs is 1. The van der Waals surface area contributed by atoms with Crippen LogP contribution in [0.25, 0.3) is 34.6 Å². The lowest BCUT2D eigenvalue weighted by Crippen LogP contribution is -1.95. The highest BCUT2D eigenvalue weighted by Crippen LogP contribution is 2.38. The van der Waals surface area contributed by atoms with Crippen molar-refractivity contribution in [3.8, 4) is 28.6 Å². The lowest BCUT2D eigenvalue weighted by molar-refractivity contribution is 0.324. The summed E-state index contributed by atoms with van der Waals surface area (Å²) in [6.07, 6.45) is 4.06. The Kier molecular flexibility index (Phi) is 5.20. The van der Waals surface area contributed by atoms with Crippen LogP contribution in [0.3, 0.4) is 0 Å². The Morgan fingerprint density at radius 2 is 1.48 bits per heavy atom. The molecule has 4 rings (SSSR count). The van der Waals surface area contributed by atoms with Gasteiger partial charge in [0.05, 0.1) is 32.4 Å². The van der Waals surface area contributed by atoms with Crippen LogP contribution in [0.1, 0.15) is 11.1 Å². The molecule has 29 heavy (non-hydrogen) atoms. The van der Waals surface area contributed by atoms with E-state index in [-0.39, 0.29) is 0 Å². The molecule has 0 aliphatic rings. The van der Waals surface area contributed by atoms with E-state index < -0.39 is 0 Å². The average Bonchev–Trinajstić information content (AvgIpc) is 3.21. The molecule has 1 aromatic heterocycles. The number of hydrogen-bond acceptors (Lipinski definition) is 4. The van der Waals surface area contributed by atoms with Crippen molar-refractivity contribution >= 4 is 23.2 Å². The minimum Gasteiger partial charge on any atom is -0.493 e. The predicted octanol–water partition coefficient (Wildman–Crippen LogP) is 5.43. The third-order valence-corrected chi connectivity index (χ3v) is 4.70. The fourth-order valence-electron chi connectivity index (χ4n) is 3.27. The molecule has 5 heteroatoms. The molecule has 146 valence electrons. The summed E-state index contributed by atoms with van der Waals surface area (Å²) in [5, 5.41) is 0. The molecular weight excluding hydrogens is 364 g/mol. The second-order valence-corrected chi connectivity index (χ2v) is 6.52. The van der Waals surface area contributed by atoms with Crippen LogP contribution in [0.2, 0.25) is 0 Å². The lowest BCUT2D eigenvalue weighted by atomic mass is 10.1. The minimum atomic E-state index is 0.582. The number of ether oxygens (including phenoxy) is 3. The van der Waals surface area contributed by atoms with Crippen molar-refractivity contribution in [3.63, 3.8) is 0 Å². The van der Waals surface area contributed by atoms with Gasteiger partial charge in [0.25, 0.3) is 0 Å². The fraction of sp³-hybridized carbons (Fsp3) is 0.125. The van der Waals surface area contributed by atoms with Crippen molar-refractivity contribution < 1.29 is 14.2 Å². The molecule has 0 aliphatic heterocycles. The summed E-state index contributed by atoms with van der Waals surface area (Å²) in [5.74, 6) is 2.69. The molecule has 0 saturated heterocycles. The smallest absolute Gasteiger partial charge is 0.203 e. The van der Waals surface area contributed by atoms with Crippen molar-refractivity contribution in [2.45, 2.75) is 0 Å². The van der Waals surface area contributed by atoms with Crippen LogP contribution in [0.5, 0.6) is 17.2 Å². The zero-order chi connectivity index (χ0) is 20.2. The molecule has 1 heterocycles. The lowest BCUT2D eigenvalue weighted by Gasteiger charge is -2.12. The summed E-state index contributed by atoms with van der Waals surface area (Å²) < 4.78 is 16.2. The summed E-state index contributed by atoms with van der Waals surface area (Å²) in [5.41, 5.74) is 5.04. The third kappa shape index (κ3) is 3.80. The van der Waals surface area contributed by atoms with Crippen LogP contribution in [0.4, 0.5) is 0 Å². The van der Waals surface area contributed by atoms with Crippen molar-refractivity contribution in [1.82, 2.24) is 9.97 Å². The number of aromatic nitrogens is 2. The highest BCUT2D eigenvalue weighted by Gasteiger charge is 2.12. The van der Waals surface area contributed by atoms with E-state index in [2.05, 4.69) is 28.2 Å². The van der Waals surface area contributed by atoms with E-state index in [1.807, 2.05) is 54.6 Å². The van der Waals surface area contributed by atoms with Gasteiger partial charge in [-0.05, 0) is 41.5 Å². The van der Waals surface area contributed by atoms with Crippen LogP contribution < -0.4 is 14.2 Å². The molecule has 0 bridgehead atoms. The van der Waals surface area contributed by atoms with Crippen molar-refractivity contribution in [1.29, 1.82) is 0 Å². The van der Waals surface area contributed by atoms with Gasteiger partial charge >= 0.3 is 0 Å². The van der Waals surface area contributed by atoms with E-state index in [0.717, 1.165) is 33.5 Å². The van der Waals surface area contributed by atoms with Gasteiger partial charge in [-0.3, -0.25) is 0 Å². The van der Waals surface area contributed by atoms with Crippen LogP contribution in [-0.4, -0.2) is 31.3 Å². The molecule has 1 N–H and O–H groups in total. The molecule has 0 unspecified atom stereocenters. The number of methoxy groups -OCH3 is 3. The Balaban J connectivity index is 1.65. The SMILES string of the molecule is COc1cc(/C=C/c2cccc(-c3nc4ccccc4[nH]3)c2)cc(OC)c1OC. The van der Waals surface area contributed by atoms with E-state index in [1.165, 1.54) is 0 Å². The predicted molar refractivity (Wildman–Crippen MR) is 117 cm³/mol. The summed E-state index contributed by atoms with van der Waals surface area (Å²) in [6.45, 7) is 0. The van der Waals surface area contributed by atoms with E-state index >= 15 is 0 Å². The van der Waals surface area contributed by atoms with Gasteiger partial charge < -0.3 is 19.2 Å². The van der Waals surface area contributed by atoms with E-state index in [4.69, 9.17) is 14.2 Å². The summed E-state index contributed by atoms with van der Waals surface area (Å²) in [6, 6.07) is 20.1. The highest BCUT2D eigenvalue weighted by atomic mass is 16.5. The number of para-hydroxylation sites is 2. The number of rotatable bonds is 6. The number of hydrogen-bond donors (Lipinski definition) is 1. The number of imidazole rings is 1. The first-order valence-corrected chi connectivity index (χ1v) is 9.25. The van der Waals surface area contributed by atoms with Gasteiger partial charge in [0.2, 0.25) is 5.75 Å². The monoisotopic (exact) mass is 386 g/mol. The number of H-pyrrole nitrogens is 1. The zero-order valence-electron chi connectivity index (χ0n) is 16.6. The minimum absolute atomic E-state index is 0.582. The van der Waals surface area contributed by atoms with Gasteiger partial charge in [-0.15, -0.1) is 0 Å². The molecule has 0 atom stereocenters. The number of aromatic amines is 1. The summed E-state index contributed by atoms with van der Waals surface area (Å²) >= 11 is 0. The maximum Gasteiger partial charge on any atom is 0.203 e.